The maximum Gasteiger partial charge on any atom is 0.224 e. The fourth-order valence-electron chi connectivity index (χ4n) is 1.43. The van der Waals surface area contributed by atoms with Gasteiger partial charge in [0.05, 0.1) is 12.7 Å². The van der Waals surface area contributed by atoms with Crippen molar-refractivity contribution in [2.24, 2.45) is 0 Å². The minimum absolute atomic E-state index is 0.217. The summed E-state index contributed by atoms with van der Waals surface area (Å²) in [5, 5.41) is 8.00. The summed E-state index contributed by atoms with van der Waals surface area (Å²) in [6.07, 6.45) is 2.14. The summed E-state index contributed by atoms with van der Waals surface area (Å²) in [7, 11) is 0. The Balaban J connectivity index is 2.04. The van der Waals surface area contributed by atoms with E-state index in [4.69, 9.17) is 0 Å². The van der Waals surface area contributed by atoms with E-state index in [0.29, 0.717) is 12.5 Å². The number of hydrogen-bond donors (Lipinski definition) is 2. The lowest BCUT2D eigenvalue weighted by Crippen LogP contribution is -2.09. The molecule has 0 bridgehead atoms. The van der Waals surface area contributed by atoms with Crippen molar-refractivity contribution < 1.29 is 4.39 Å². The van der Waals surface area contributed by atoms with Crippen molar-refractivity contribution >= 4 is 39.0 Å². The van der Waals surface area contributed by atoms with Crippen LogP contribution in [0.25, 0.3) is 0 Å². The highest BCUT2D eigenvalue weighted by molar-refractivity contribution is 9.10. The first-order valence-electron chi connectivity index (χ1n) is 5.93. The van der Waals surface area contributed by atoms with Gasteiger partial charge in [-0.25, -0.2) is 9.37 Å². The zero-order chi connectivity index (χ0) is 13.7. The van der Waals surface area contributed by atoms with Crippen molar-refractivity contribution in [3.63, 3.8) is 0 Å². The van der Waals surface area contributed by atoms with Gasteiger partial charge in [-0.15, -0.1) is 11.3 Å². The Morgan fingerprint density at radius 2 is 2.26 bits per heavy atom. The maximum absolute atomic E-state index is 13.6. The minimum Gasteiger partial charge on any atom is -0.363 e. The first kappa shape index (κ1) is 14.2. The van der Waals surface area contributed by atoms with E-state index in [1.54, 1.807) is 11.3 Å². The smallest absolute Gasteiger partial charge is 0.224 e. The third kappa shape index (κ3) is 3.87. The highest BCUT2D eigenvalue weighted by Gasteiger charge is 2.08. The van der Waals surface area contributed by atoms with Gasteiger partial charge in [-0.3, -0.25) is 0 Å². The van der Waals surface area contributed by atoms with Crippen LogP contribution in [0.2, 0.25) is 0 Å². The number of hydrogen-bond acceptors (Lipinski definition) is 5. The number of nitrogens with zero attached hydrogens (tertiary/aromatic N) is 2. The predicted molar refractivity (Wildman–Crippen MR) is 80.1 cm³/mol. The van der Waals surface area contributed by atoms with Gasteiger partial charge >= 0.3 is 0 Å². The molecule has 2 heterocycles. The highest BCUT2D eigenvalue weighted by Crippen LogP contribution is 2.24. The number of aromatic nitrogens is 2. The molecule has 0 radical (unpaired) electrons. The van der Waals surface area contributed by atoms with E-state index >= 15 is 0 Å². The quantitative estimate of drug-likeness (QED) is 0.834. The lowest BCUT2D eigenvalue weighted by atomic mass is 10.4. The van der Waals surface area contributed by atoms with Gasteiger partial charge in [-0.2, -0.15) is 4.98 Å². The van der Waals surface area contributed by atoms with E-state index in [-0.39, 0.29) is 5.82 Å². The van der Waals surface area contributed by atoms with Gasteiger partial charge in [0.15, 0.2) is 11.6 Å². The predicted octanol–water partition coefficient (Wildman–Crippen LogP) is 3.87. The van der Waals surface area contributed by atoms with Crippen LogP contribution in [-0.4, -0.2) is 16.5 Å². The van der Waals surface area contributed by atoms with E-state index in [1.807, 2.05) is 18.4 Å². The van der Waals surface area contributed by atoms with Crippen molar-refractivity contribution in [3.8, 4) is 0 Å². The minimum atomic E-state index is -0.449. The fraction of sp³-hybridized carbons (Fsp3) is 0.333. The van der Waals surface area contributed by atoms with Crippen LogP contribution in [0, 0.1) is 5.82 Å². The molecule has 2 aromatic heterocycles. The largest absolute Gasteiger partial charge is 0.363 e. The average Bonchev–Trinajstić information content (AvgIpc) is 2.82. The molecular weight excluding hydrogens is 331 g/mol. The third-order valence-electron chi connectivity index (χ3n) is 2.38. The second-order valence-corrected chi connectivity index (χ2v) is 5.72. The molecule has 0 atom stereocenters. The van der Waals surface area contributed by atoms with Gasteiger partial charge < -0.3 is 10.6 Å². The van der Waals surface area contributed by atoms with Crippen LogP contribution in [0.5, 0.6) is 0 Å². The van der Waals surface area contributed by atoms with Crippen LogP contribution >= 0.6 is 27.3 Å². The molecule has 0 amide bonds. The highest BCUT2D eigenvalue weighted by atomic mass is 79.9. The molecule has 0 aliphatic rings. The standard InChI is InChI=1S/C12H14BrFN4S/c1-2-4-15-12-17-6-9(14)11(18-12)16-7-10-8(13)3-5-19-10/h3,5-6H,2,4,7H2,1H3,(H2,15,16,17,18). The molecule has 0 saturated carbocycles. The van der Waals surface area contributed by atoms with Gasteiger partial charge in [0.1, 0.15) is 0 Å². The Bertz CT molecular complexity index is 546. The summed E-state index contributed by atoms with van der Waals surface area (Å²) >= 11 is 5.04. The first-order valence-corrected chi connectivity index (χ1v) is 7.60. The molecular formula is C12H14BrFN4S. The molecule has 19 heavy (non-hydrogen) atoms. The van der Waals surface area contributed by atoms with Crippen LogP contribution in [0.3, 0.4) is 0 Å². The Morgan fingerprint density at radius 1 is 1.42 bits per heavy atom. The molecule has 0 aliphatic heterocycles. The van der Waals surface area contributed by atoms with Gasteiger partial charge in [0.25, 0.3) is 0 Å². The number of nitrogens with one attached hydrogen (secondary N) is 2. The second-order valence-electron chi connectivity index (χ2n) is 3.86. The summed E-state index contributed by atoms with van der Waals surface area (Å²) in [5.74, 6) is 0.208. The molecule has 7 heteroatoms. The fourth-order valence-corrected chi connectivity index (χ4v) is 2.86. The molecule has 2 N–H and O–H groups in total. The summed E-state index contributed by atoms with van der Waals surface area (Å²) in [5.41, 5.74) is 0. The van der Waals surface area contributed by atoms with Gasteiger partial charge in [0, 0.05) is 15.9 Å². The average molecular weight is 345 g/mol. The summed E-state index contributed by atoms with van der Waals surface area (Å²) in [4.78, 5) is 9.11. The molecule has 0 unspecified atom stereocenters. The van der Waals surface area contributed by atoms with Crippen LogP contribution in [0.15, 0.2) is 22.1 Å². The molecule has 0 aliphatic carbocycles. The number of rotatable bonds is 6. The topological polar surface area (TPSA) is 49.8 Å². The van der Waals surface area contributed by atoms with E-state index in [0.717, 1.165) is 22.3 Å². The molecule has 4 nitrogen and oxygen atoms in total. The van der Waals surface area contributed by atoms with Crippen molar-refractivity contribution in [1.29, 1.82) is 0 Å². The second kappa shape index (κ2) is 6.81. The third-order valence-corrected chi connectivity index (χ3v) is 4.31. The summed E-state index contributed by atoms with van der Waals surface area (Å²) in [6, 6.07) is 1.96. The van der Waals surface area contributed by atoms with Crippen molar-refractivity contribution in [2.75, 3.05) is 17.2 Å². The Morgan fingerprint density at radius 3 is 2.95 bits per heavy atom. The van der Waals surface area contributed by atoms with Crippen LogP contribution in [0.4, 0.5) is 16.2 Å². The Hall–Kier alpha value is -1.21. The lowest BCUT2D eigenvalue weighted by molar-refractivity contribution is 0.617. The van der Waals surface area contributed by atoms with E-state index in [1.165, 1.54) is 6.20 Å². The van der Waals surface area contributed by atoms with Crippen molar-refractivity contribution in [1.82, 2.24) is 9.97 Å². The summed E-state index contributed by atoms with van der Waals surface area (Å²) < 4.78 is 14.6. The maximum atomic E-state index is 13.6. The zero-order valence-corrected chi connectivity index (χ0v) is 12.8. The van der Waals surface area contributed by atoms with Crippen LogP contribution in [-0.2, 0) is 6.54 Å². The number of halogens is 2. The number of anilines is 2. The van der Waals surface area contributed by atoms with Gasteiger partial charge in [-0.05, 0) is 33.8 Å². The van der Waals surface area contributed by atoms with Gasteiger partial charge in [-0.1, -0.05) is 6.92 Å². The van der Waals surface area contributed by atoms with Gasteiger partial charge in [0.2, 0.25) is 5.95 Å². The molecule has 0 aromatic carbocycles. The van der Waals surface area contributed by atoms with Crippen LogP contribution in [0.1, 0.15) is 18.2 Å². The molecule has 0 fully saturated rings. The van der Waals surface area contributed by atoms with Crippen LogP contribution < -0.4 is 10.6 Å². The zero-order valence-electron chi connectivity index (χ0n) is 10.4. The Kier molecular flexibility index (Phi) is 5.09. The van der Waals surface area contributed by atoms with E-state index in [2.05, 4.69) is 36.5 Å². The van der Waals surface area contributed by atoms with E-state index in [9.17, 15) is 4.39 Å². The molecule has 102 valence electrons. The Labute approximate surface area is 123 Å². The van der Waals surface area contributed by atoms with Crippen molar-refractivity contribution in [2.45, 2.75) is 19.9 Å². The first-order chi connectivity index (χ1) is 9.20. The molecule has 2 aromatic rings. The molecule has 2 rings (SSSR count). The van der Waals surface area contributed by atoms with E-state index < -0.39 is 5.82 Å². The lowest BCUT2D eigenvalue weighted by Gasteiger charge is -2.08. The normalized spacial score (nSPS) is 10.5. The molecule has 0 spiro atoms. The molecule has 0 saturated heterocycles. The monoisotopic (exact) mass is 344 g/mol. The number of thiophene rings is 1. The summed E-state index contributed by atoms with van der Waals surface area (Å²) in [6.45, 7) is 3.34. The van der Waals surface area contributed by atoms with Crippen molar-refractivity contribution in [3.05, 3.63) is 32.8 Å². The SMILES string of the molecule is CCCNc1ncc(F)c(NCc2sccc2Br)n1.